The van der Waals surface area contributed by atoms with Crippen LogP contribution in [-0.4, -0.2) is 76.1 Å². The van der Waals surface area contributed by atoms with Crippen LogP contribution in [-0.2, 0) is 26.8 Å². The first-order valence-corrected chi connectivity index (χ1v) is 11.0. The van der Waals surface area contributed by atoms with Crippen LogP contribution < -0.4 is 5.32 Å². The highest BCUT2D eigenvalue weighted by atomic mass is 16.5. The van der Waals surface area contributed by atoms with Crippen LogP contribution in [0, 0.1) is 0 Å². The topological polar surface area (TPSA) is 139 Å². The number of benzene rings is 1. The fraction of sp³-hybridized carbons (Fsp3) is 0.708. The molecule has 1 rings (SSSR count). The van der Waals surface area contributed by atoms with Crippen LogP contribution in [0.25, 0.3) is 0 Å². The number of esters is 1. The molecule has 0 amide bonds. The molecule has 8 nitrogen and oxygen atoms in total. The van der Waals surface area contributed by atoms with E-state index in [4.69, 9.17) is 4.74 Å². The molecule has 0 aliphatic carbocycles. The van der Waals surface area contributed by atoms with E-state index in [0.29, 0.717) is 6.42 Å². The number of phenols is 1. The van der Waals surface area contributed by atoms with Crippen molar-refractivity contribution >= 4 is 5.97 Å². The summed E-state index contributed by atoms with van der Waals surface area (Å²) in [6.45, 7) is 11.6. The number of aliphatic hydroxyl groups is 4. The lowest BCUT2D eigenvalue weighted by Crippen LogP contribution is -2.49. The highest BCUT2D eigenvalue weighted by Crippen LogP contribution is 2.40. The molecule has 1 aromatic rings. The number of hydrogen-bond acceptors (Lipinski definition) is 8. The molecule has 0 saturated heterocycles. The van der Waals surface area contributed by atoms with E-state index in [2.05, 4.69) is 5.32 Å². The zero-order chi connectivity index (χ0) is 24.9. The van der Waals surface area contributed by atoms with Gasteiger partial charge in [0.1, 0.15) is 30.7 Å². The Morgan fingerprint density at radius 3 is 1.84 bits per heavy atom. The molecule has 0 unspecified atom stereocenters. The molecule has 32 heavy (non-hydrogen) atoms. The van der Waals surface area contributed by atoms with Crippen LogP contribution in [0.1, 0.15) is 64.7 Å². The number of aromatic hydroxyl groups is 1. The van der Waals surface area contributed by atoms with Crippen molar-refractivity contribution in [2.24, 2.45) is 0 Å². The van der Waals surface area contributed by atoms with Crippen molar-refractivity contribution in [3.63, 3.8) is 0 Å². The van der Waals surface area contributed by atoms with Crippen molar-refractivity contribution in [1.29, 1.82) is 0 Å². The third-order valence-corrected chi connectivity index (χ3v) is 5.37. The smallest absolute Gasteiger partial charge is 0.306 e. The van der Waals surface area contributed by atoms with Crippen molar-refractivity contribution in [2.75, 3.05) is 20.2 Å². The van der Waals surface area contributed by atoms with Gasteiger partial charge < -0.3 is 35.6 Å². The van der Waals surface area contributed by atoms with Gasteiger partial charge >= 0.3 is 5.97 Å². The van der Waals surface area contributed by atoms with Gasteiger partial charge in [0.2, 0.25) is 0 Å². The summed E-state index contributed by atoms with van der Waals surface area (Å²) < 4.78 is 5.05. The normalized spacial score (nSPS) is 16.3. The Hall–Kier alpha value is -1.71. The van der Waals surface area contributed by atoms with Gasteiger partial charge in [-0.3, -0.25) is 4.79 Å². The molecule has 1 aromatic carbocycles. The standard InChI is InChI=1S/C24H41NO7/c1-23(2,3)15-10-14(11-16(20(15)29)24(4,5)6)8-9-19(28)32-13-18(27)22(31)21(30)17(26)12-25-7/h10-11,17-18,21-22,25-27,29-31H,8-9,12-13H2,1-7H3/t17-,18-,21-,22+/m1/s1. The number of aryl methyl sites for hydroxylation is 1. The van der Waals surface area contributed by atoms with E-state index in [1.165, 1.54) is 0 Å². The highest BCUT2D eigenvalue weighted by Gasteiger charge is 2.31. The summed E-state index contributed by atoms with van der Waals surface area (Å²) >= 11 is 0. The van der Waals surface area contributed by atoms with Crippen molar-refractivity contribution < 1.29 is 35.1 Å². The van der Waals surface area contributed by atoms with E-state index in [0.717, 1.165) is 16.7 Å². The minimum atomic E-state index is -1.66. The first-order valence-electron chi connectivity index (χ1n) is 11.0. The predicted octanol–water partition coefficient (Wildman–Crippen LogP) is 1.13. The first kappa shape index (κ1) is 28.3. The summed E-state index contributed by atoms with van der Waals surface area (Å²) in [5.74, 6) is -0.295. The molecular weight excluding hydrogens is 414 g/mol. The molecule has 0 saturated carbocycles. The average Bonchev–Trinajstić information content (AvgIpc) is 2.68. The van der Waals surface area contributed by atoms with Gasteiger partial charge in [0.05, 0.1) is 6.10 Å². The van der Waals surface area contributed by atoms with Crippen LogP contribution in [0.2, 0.25) is 0 Å². The molecule has 0 aliphatic rings. The van der Waals surface area contributed by atoms with Gasteiger partial charge in [0.15, 0.2) is 0 Å². The zero-order valence-corrected chi connectivity index (χ0v) is 20.3. The summed E-state index contributed by atoms with van der Waals surface area (Å²) in [7, 11) is 1.57. The maximum Gasteiger partial charge on any atom is 0.306 e. The summed E-state index contributed by atoms with van der Waals surface area (Å²) in [6.07, 6.45) is -5.62. The predicted molar refractivity (Wildman–Crippen MR) is 123 cm³/mol. The monoisotopic (exact) mass is 455 g/mol. The second kappa shape index (κ2) is 11.4. The number of ether oxygens (including phenoxy) is 1. The van der Waals surface area contributed by atoms with Crippen LogP contribution in [0.5, 0.6) is 5.75 Å². The van der Waals surface area contributed by atoms with Crippen LogP contribution in [0.3, 0.4) is 0 Å². The van der Waals surface area contributed by atoms with E-state index in [-0.39, 0.29) is 29.5 Å². The van der Waals surface area contributed by atoms with Crippen molar-refractivity contribution in [2.45, 2.75) is 89.6 Å². The third-order valence-electron chi connectivity index (χ3n) is 5.37. The molecule has 6 N–H and O–H groups in total. The fourth-order valence-electron chi connectivity index (χ4n) is 3.36. The Bertz CT molecular complexity index is 717. The van der Waals surface area contributed by atoms with Crippen LogP contribution in [0.15, 0.2) is 12.1 Å². The molecule has 0 spiro atoms. The first-order chi connectivity index (χ1) is 14.6. The summed E-state index contributed by atoms with van der Waals surface area (Å²) in [6, 6.07) is 3.80. The molecular formula is C24H41NO7. The Morgan fingerprint density at radius 2 is 1.41 bits per heavy atom. The number of hydrogen-bond donors (Lipinski definition) is 6. The molecule has 0 heterocycles. The average molecular weight is 456 g/mol. The molecule has 0 bridgehead atoms. The summed E-state index contributed by atoms with van der Waals surface area (Å²) in [5, 5.41) is 52.9. The molecule has 184 valence electrons. The second-order valence-corrected chi connectivity index (χ2v) is 10.4. The van der Waals surface area contributed by atoms with Gasteiger partial charge in [0.25, 0.3) is 0 Å². The van der Waals surface area contributed by atoms with Crippen molar-refractivity contribution in [3.05, 3.63) is 28.8 Å². The second-order valence-electron chi connectivity index (χ2n) is 10.4. The maximum atomic E-state index is 12.2. The number of carbonyl (C=O) groups is 1. The van der Waals surface area contributed by atoms with Gasteiger partial charge in [-0.05, 0) is 41.0 Å². The van der Waals surface area contributed by atoms with Gasteiger partial charge in [-0.2, -0.15) is 0 Å². The SMILES string of the molecule is CNC[C@@H](O)[C@@H](O)[C@@H](O)[C@H](O)COC(=O)CCc1cc(C(C)(C)C)c(O)c(C(C)(C)C)c1. The molecule has 0 radical (unpaired) electrons. The summed E-state index contributed by atoms with van der Waals surface area (Å²) in [4.78, 5) is 12.2. The Labute approximate surface area is 191 Å². The lowest BCUT2D eigenvalue weighted by Gasteiger charge is -2.28. The van der Waals surface area contributed by atoms with Gasteiger partial charge in [-0.25, -0.2) is 0 Å². The largest absolute Gasteiger partial charge is 0.507 e. The van der Waals surface area contributed by atoms with E-state index in [9.17, 15) is 30.3 Å². The fourth-order valence-corrected chi connectivity index (χ4v) is 3.36. The number of nitrogens with one attached hydrogen (secondary N) is 1. The van der Waals surface area contributed by atoms with E-state index < -0.39 is 37.0 Å². The maximum absolute atomic E-state index is 12.2. The lowest BCUT2D eigenvalue weighted by molar-refractivity contribution is -0.154. The Kier molecular flexibility index (Phi) is 10.1. The number of carbonyl (C=O) groups excluding carboxylic acids is 1. The molecule has 0 fully saturated rings. The van der Waals surface area contributed by atoms with Crippen molar-refractivity contribution in [1.82, 2.24) is 5.32 Å². The van der Waals surface area contributed by atoms with Crippen LogP contribution in [0.4, 0.5) is 0 Å². The highest BCUT2D eigenvalue weighted by molar-refractivity contribution is 5.69. The summed E-state index contributed by atoms with van der Waals surface area (Å²) in [5.41, 5.74) is 1.95. The van der Waals surface area contributed by atoms with E-state index >= 15 is 0 Å². The van der Waals surface area contributed by atoms with Crippen LogP contribution >= 0.6 is 0 Å². The number of aliphatic hydroxyl groups excluding tert-OH is 4. The van der Waals surface area contributed by atoms with Gasteiger partial charge in [-0.15, -0.1) is 0 Å². The lowest BCUT2D eigenvalue weighted by atomic mass is 9.78. The van der Waals surface area contributed by atoms with Crippen molar-refractivity contribution in [3.8, 4) is 5.75 Å². The molecule has 0 aromatic heterocycles. The zero-order valence-electron chi connectivity index (χ0n) is 20.3. The number of phenolic OH excluding ortho intramolecular Hbond substituents is 1. The molecule has 0 aliphatic heterocycles. The minimum Gasteiger partial charge on any atom is -0.507 e. The Balaban J connectivity index is 2.79. The number of likely N-dealkylation sites (N-methyl/N-ethyl adjacent to an activating group) is 1. The molecule has 8 heteroatoms. The van der Waals surface area contributed by atoms with Gasteiger partial charge in [-0.1, -0.05) is 53.7 Å². The third kappa shape index (κ3) is 8.01. The molecule has 4 atom stereocenters. The minimum absolute atomic E-state index is 0.0322. The quantitative estimate of drug-likeness (QED) is 0.289. The van der Waals surface area contributed by atoms with E-state index in [1.54, 1.807) is 7.05 Å². The number of rotatable bonds is 10. The van der Waals surface area contributed by atoms with Gasteiger partial charge in [0, 0.05) is 13.0 Å². The van der Waals surface area contributed by atoms with E-state index in [1.807, 2.05) is 53.7 Å². The Morgan fingerprint density at radius 1 is 0.938 bits per heavy atom.